The van der Waals surface area contributed by atoms with Crippen LogP contribution >= 0.6 is 0 Å². The van der Waals surface area contributed by atoms with Crippen molar-refractivity contribution in [2.75, 3.05) is 0 Å². The van der Waals surface area contributed by atoms with Gasteiger partial charge in [0.1, 0.15) is 6.10 Å². The second-order valence-corrected chi connectivity index (χ2v) is 14.3. The van der Waals surface area contributed by atoms with Crippen LogP contribution in [0.3, 0.4) is 0 Å². The lowest BCUT2D eigenvalue weighted by Gasteiger charge is -2.32. The lowest BCUT2D eigenvalue weighted by molar-refractivity contribution is -0.151. The molecule has 0 N–H and O–H groups in total. The lowest BCUT2D eigenvalue weighted by Crippen LogP contribution is -2.42. The zero-order valence-electron chi connectivity index (χ0n) is 22.6. The van der Waals surface area contributed by atoms with Gasteiger partial charge >= 0.3 is 11.9 Å². The molecule has 1 heterocycles. The molecule has 1 aliphatic rings. The number of rotatable bonds is 15. The largest absolute Gasteiger partial charge is 0.453 e. The van der Waals surface area contributed by atoms with Crippen molar-refractivity contribution in [1.82, 2.24) is 0 Å². The lowest BCUT2D eigenvalue weighted by atomic mass is 10.0. The minimum absolute atomic E-state index is 0.299. The van der Waals surface area contributed by atoms with E-state index >= 15 is 0 Å². The van der Waals surface area contributed by atoms with E-state index in [1.54, 1.807) is 0 Å². The molecule has 6 heteroatoms. The third-order valence-corrected chi connectivity index (χ3v) is 11.1. The second kappa shape index (κ2) is 15.2. The minimum Gasteiger partial charge on any atom is -0.453 e. The molecular formula is C28H46O5Si. The van der Waals surface area contributed by atoms with Crippen molar-refractivity contribution in [2.24, 2.45) is 5.92 Å². The SMILES string of the molecule is CC[Si](CC)(CC)OC1OC(=O)C=C1C(/C=C/C(C)CC/C=C(\C)CCC=C(C)C)OC(C)=O. The van der Waals surface area contributed by atoms with Gasteiger partial charge in [-0.2, -0.15) is 0 Å². The summed E-state index contributed by atoms with van der Waals surface area (Å²) in [6, 6.07) is 2.81. The number of carbonyl (C=O) groups is 2. The van der Waals surface area contributed by atoms with Crippen LogP contribution in [-0.4, -0.2) is 32.6 Å². The molecule has 0 aliphatic carbocycles. The summed E-state index contributed by atoms with van der Waals surface area (Å²) in [5.41, 5.74) is 3.35. The molecule has 0 spiro atoms. The smallest absolute Gasteiger partial charge is 0.333 e. The maximum absolute atomic E-state index is 12.1. The maximum Gasteiger partial charge on any atom is 0.333 e. The molecule has 3 unspecified atom stereocenters. The van der Waals surface area contributed by atoms with Crippen LogP contribution in [0.2, 0.25) is 18.1 Å². The average molecular weight is 491 g/mol. The third-order valence-electron chi connectivity index (χ3n) is 6.51. The molecule has 1 aliphatic heterocycles. The van der Waals surface area contributed by atoms with Gasteiger partial charge in [-0.3, -0.25) is 4.79 Å². The molecule has 1 rings (SSSR count). The van der Waals surface area contributed by atoms with E-state index in [2.05, 4.69) is 66.7 Å². The van der Waals surface area contributed by atoms with Gasteiger partial charge < -0.3 is 13.9 Å². The van der Waals surface area contributed by atoms with Gasteiger partial charge in [0.2, 0.25) is 6.29 Å². The Balaban J connectivity index is 2.85. The first kappa shape index (κ1) is 30.1. The first-order chi connectivity index (χ1) is 16.1. The van der Waals surface area contributed by atoms with Gasteiger partial charge in [0.15, 0.2) is 8.32 Å². The highest BCUT2D eigenvalue weighted by molar-refractivity contribution is 6.73. The fraction of sp³-hybridized carbons (Fsp3) is 0.643. The molecule has 0 radical (unpaired) electrons. The predicted octanol–water partition coefficient (Wildman–Crippen LogP) is 7.41. The van der Waals surface area contributed by atoms with Crippen LogP contribution in [0.15, 0.2) is 47.1 Å². The summed E-state index contributed by atoms with van der Waals surface area (Å²) in [7, 11) is -2.02. The number of ether oxygens (including phenoxy) is 2. The van der Waals surface area contributed by atoms with Crippen LogP contribution in [0.25, 0.3) is 0 Å². The molecule has 5 nitrogen and oxygen atoms in total. The van der Waals surface area contributed by atoms with E-state index in [0.717, 1.165) is 43.8 Å². The van der Waals surface area contributed by atoms with Crippen LogP contribution in [0.5, 0.6) is 0 Å². The molecule has 0 aromatic heterocycles. The summed E-state index contributed by atoms with van der Waals surface area (Å²) < 4.78 is 17.5. The van der Waals surface area contributed by atoms with E-state index in [9.17, 15) is 9.59 Å². The molecule has 0 aromatic carbocycles. The van der Waals surface area contributed by atoms with Crippen LogP contribution in [-0.2, 0) is 23.5 Å². The highest BCUT2D eigenvalue weighted by Gasteiger charge is 2.40. The zero-order valence-corrected chi connectivity index (χ0v) is 23.6. The van der Waals surface area contributed by atoms with Crippen molar-refractivity contribution in [3.05, 3.63) is 47.1 Å². The third kappa shape index (κ3) is 10.6. The quantitative estimate of drug-likeness (QED) is 0.136. The van der Waals surface area contributed by atoms with Crippen LogP contribution in [0.1, 0.15) is 81.1 Å². The summed E-state index contributed by atoms with van der Waals surface area (Å²) in [4.78, 5) is 23.9. The number of carbonyl (C=O) groups excluding carboxylic acids is 2. The van der Waals surface area contributed by atoms with E-state index in [4.69, 9.17) is 13.9 Å². The zero-order chi connectivity index (χ0) is 25.7. The average Bonchev–Trinajstić information content (AvgIpc) is 3.14. The molecule has 0 saturated heterocycles. The Morgan fingerprint density at radius 2 is 1.71 bits per heavy atom. The van der Waals surface area contributed by atoms with Gasteiger partial charge in [0, 0.05) is 18.6 Å². The molecule has 0 fully saturated rings. The molecule has 0 amide bonds. The number of esters is 2. The van der Waals surface area contributed by atoms with Gasteiger partial charge in [-0.15, -0.1) is 0 Å². The Labute approximate surface area is 208 Å². The Bertz CT molecular complexity index is 776. The Kier molecular flexibility index (Phi) is 13.4. The molecule has 192 valence electrons. The van der Waals surface area contributed by atoms with Gasteiger partial charge in [0.05, 0.1) is 0 Å². The number of hydrogen-bond acceptors (Lipinski definition) is 5. The fourth-order valence-corrected chi connectivity index (χ4v) is 6.65. The normalized spacial score (nSPS) is 18.5. The highest BCUT2D eigenvalue weighted by Crippen LogP contribution is 2.31. The summed E-state index contributed by atoms with van der Waals surface area (Å²) >= 11 is 0. The van der Waals surface area contributed by atoms with Crippen molar-refractivity contribution in [1.29, 1.82) is 0 Å². The topological polar surface area (TPSA) is 61.8 Å². The van der Waals surface area contributed by atoms with Crippen molar-refractivity contribution < 1.29 is 23.5 Å². The standard InChI is InChI=1S/C28H46O5Si/c1-9-34(10-2,11-3)33-28-25(20-27(30)32-28)26(31-24(8)29)19-18-23(7)17-13-16-22(6)15-12-14-21(4)5/h14,16,18-20,23,26,28H,9-13,15,17H2,1-8H3/b19-18+,22-16+. The highest BCUT2D eigenvalue weighted by atomic mass is 28.4. The summed E-state index contributed by atoms with van der Waals surface area (Å²) in [6.45, 7) is 16.4. The summed E-state index contributed by atoms with van der Waals surface area (Å²) in [5, 5.41) is 0. The minimum atomic E-state index is -2.02. The van der Waals surface area contributed by atoms with E-state index in [0.29, 0.717) is 11.5 Å². The van der Waals surface area contributed by atoms with Gasteiger partial charge in [-0.25, -0.2) is 4.79 Å². The van der Waals surface area contributed by atoms with Crippen molar-refractivity contribution in [3.63, 3.8) is 0 Å². The Hall–Kier alpha value is -1.92. The van der Waals surface area contributed by atoms with Crippen molar-refractivity contribution >= 4 is 20.3 Å². The van der Waals surface area contributed by atoms with E-state index in [-0.39, 0.29) is 0 Å². The first-order valence-electron chi connectivity index (χ1n) is 12.8. The second-order valence-electron chi connectivity index (χ2n) is 9.61. The molecular weight excluding hydrogens is 444 g/mol. The molecule has 3 atom stereocenters. The van der Waals surface area contributed by atoms with Crippen LogP contribution < -0.4 is 0 Å². The van der Waals surface area contributed by atoms with Crippen molar-refractivity contribution in [3.8, 4) is 0 Å². The van der Waals surface area contributed by atoms with Gasteiger partial charge in [-0.05, 0) is 76.6 Å². The monoisotopic (exact) mass is 490 g/mol. The molecule has 0 aromatic rings. The Morgan fingerprint density at radius 1 is 1.06 bits per heavy atom. The number of cyclic esters (lactones) is 1. The van der Waals surface area contributed by atoms with Crippen LogP contribution in [0, 0.1) is 5.92 Å². The van der Waals surface area contributed by atoms with E-state index in [1.807, 2.05) is 6.08 Å². The van der Waals surface area contributed by atoms with E-state index < -0.39 is 32.6 Å². The molecule has 0 bridgehead atoms. The summed E-state index contributed by atoms with van der Waals surface area (Å²) in [6.07, 6.45) is 12.7. The molecule has 0 saturated carbocycles. The number of allylic oxidation sites excluding steroid dienone is 5. The van der Waals surface area contributed by atoms with Gasteiger partial charge in [0.25, 0.3) is 0 Å². The Morgan fingerprint density at radius 3 is 2.26 bits per heavy atom. The number of hydrogen-bond donors (Lipinski definition) is 0. The summed E-state index contributed by atoms with van der Waals surface area (Å²) in [5.74, 6) is -0.548. The van der Waals surface area contributed by atoms with Gasteiger partial charge in [-0.1, -0.05) is 57.1 Å². The first-order valence-corrected chi connectivity index (χ1v) is 15.3. The van der Waals surface area contributed by atoms with Crippen molar-refractivity contribution in [2.45, 2.75) is 112 Å². The fourth-order valence-electron chi connectivity index (χ4n) is 4.01. The molecule has 34 heavy (non-hydrogen) atoms. The van der Waals surface area contributed by atoms with E-state index in [1.165, 1.54) is 24.1 Å². The predicted molar refractivity (Wildman–Crippen MR) is 142 cm³/mol. The maximum atomic E-state index is 12.1. The van der Waals surface area contributed by atoms with Crippen LogP contribution in [0.4, 0.5) is 0 Å².